The number of para-hydroxylation sites is 1. The fourth-order valence-corrected chi connectivity index (χ4v) is 2.77. The van der Waals surface area contributed by atoms with E-state index < -0.39 is 6.61 Å². The highest BCUT2D eigenvalue weighted by Crippen LogP contribution is 2.29. The fraction of sp³-hybridized carbons (Fsp3) is 0.286. The molecule has 0 bridgehead atoms. The molecule has 0 amide bonds. The largest absolute Gasteiger partial charge is 0.434 e. The molecule has 0 saturated heterocycles. The molecule has 108 valence electrons. The maximum absolute atomic E-state index is 12.4. The third-order valence-electron chi connectivity index (χ3n) is 2.97. The van der Waals surface area contributed by atoms with Gasteiger partial charge in [-0.3, -0.25) is 11.3 Å². The minimum Gasteiger partial charge on any atom is -0.434 e. The summed E-state index contributed by atoms with van der Waals surface area (Å²) in [4.78, 5) is 1.23. The van der Waals surface area contributed by atoms with Gasteiger partial charge in [0, 0.05) is 16.5 Å². The monoisotopic (exact) mass is 298 g/mol. The number of hydrogen-bond donors (Lipinski definition) is 2. The lowest BCUT2D eigenvalue weighted by atomic mass is 10.0. The summed E-state index contributed by atoms with van der Waals surface area (Å²) in [5, 5.41) is 2.01. The molecule has 6 heteroatoms. The van der Waals surface area contributed by atoms with Crippen molar-refractivity contribution in [1.29, 1.82) is 0 Å². The van der Waals surface area contributed by atoms with Crippen molar-refractivity contribution in [3.05, 3.63) is 52.2 Å². The Hall–Kier alpha value is -1.50. The number of aryl methyl sites for hydroxylation is 1. The quantitative estimate of drug-likeness (QED) is 0.607. The number of thiophene rings is 1. The normalized spacial score (nSPS) is 12.6. The first-order chi connectivity index (χ1) is 9.70. The zero-order valence-corrected chi connectivity index (χ0v) is 11.6. The molecule has 3 N–H and O–H groups in total. The van der Waals surface area contributed by atoms with Gasteiger partial charge < -0.3 is 4.74 Å². The number of hydrogen-bond acceptors (Lipinski definition) is 4. The van der Waals surface area contributed by atoms with E-state index >= 15 is 0 Å². The molecule has 1 heterocycles. The van der Waals surface area contributed by atoms with Crippen molar-refractivity contribution >= 4 is 11.3 Å². The average molecular weight is 298 g/mol. The van der Waals surface area contributed by atoms with Crippen molar-refractivity contribution < 1.29 is 13.5 Å². The van der Waals surface area contributed by atoms with Gasteiger partial charge in [0.15, 0.2) is 0 Å². The standard InChI is InChI=1S/C14H16F2N2OS/c15-14(16)19-13-6-2-1-5-11(13)12(18-17)8-7-10-4-3-9-20-10/h1-6,9,12,14,18H,7-8,17H2. The van der Waals surface area contributed by atoms with Crippen LogP contribution < -0.4 is 16.0 Å². The Morgan fingerprint density at radius 1 is 1.20 bits per heavy atom. The van der Waals surface area contributed by atoms with Crippen LogP contribution in [0.25, 0.3) is 0 Å². The number of halogens is 2. The Kier molecular flexibility index (Phi) is 5.46. The van der Waals surface area contributed by atoms with E-state index in [0.717, 1.165) is 6.42 Å². The number of hydrazine groups is 1. The topological polar surface area (TPSA) is 47.3 Å². The second kappa shape index (κ2) is 7.33. The molecule has 0 aliphatic rings. The van der Waals surface area contributed by atoms with Gasteiger partial charge in [-0.1, -0.05) is 24.3 Å². The van der Waals surface area contributed by atoms with Gasteiger partial charge in [-0.15, -0.1) is 11.3 Å². The Bertz CT molecular complexity index is 520. The molecule has 1 unspecified atom stereocenters. The number of rotatable bonds is 7. The van der Waals surface area contributed by atoms with Gasteiger partial charge in [0.05, 0.1) is 0 Å². The summed E-state index contributed by atoms with van der Waals surface area (Å²) < 4.78 is 29.3. The molecule has 1 atom stereocenters. The third kappa shape index (κ3) is 4.00. The molecule has 1 aromatic carbocycles. The molecule has 0 radical (unpaired) electrons. The van der Waals surface area contributed by atoms with E-state index in [-0.39, 0.29) is 11.8 Å². The minimum absolute atomic E-state index is 0.164. The molecular weight excluding hydrogens is 282 g/mol. The molecule has 2 aromatic rings. The molecule has 0 spiro atoms. The van der Waals surface area contributed by atoms with Gasteiger partial charge in [0.1, 0.15) is 5.75 Å². The Balaban J connectivity index is 2.10. The van der Waals surface area contributed by atoms with Crippen LogP contribution in [0.1, 0.15) is 22.9 Å². The molecule has 0 aliphatic carbocycles. The molecule has 0 saturated carbocycles. The Labute approximate surface area is 120 Å². The highest BCUT2D eigenvalue weighted by Gasteiger charge is 2.17. The SMILES string of the molecule is NNC(CCc1cccs1)c1ccccc1OC(F)F. The Morgan fingerprint density at radius 2 is 2.00 bits per heavy atom. The summed E-state index contributed by atoms with van der Waals surface area (Å²) in [5.74, 6) is 5.72. The summed E-state index contributed by atoms with van der Waals surface area (Å²) >= 11 is 1.67. The molecular formula is C14H16F2N2OS. The molecule has 1 aromatic heterocycles. The third-order valence-corrected chi connectivity index (χ3v) is 3.91. The average Bonchev–Trinajstić information content (AvgIpc) is 2.94. The molecule has 0 aliphatic heterocycles. The van der Waals surface area contributed by atoms with E-state index in [1.807, 2.05) is 17.5 Å². The minimum atomic E-state index is -2.84. The van der Waals surface area contributed by atoms with Crippen molar-refractivity contribution in [2.75, 3.05) is 0 Å². The van der Waals surface area contributed by atoms with Crippen LogP contribution in [0, 0.1) is 0 Å². The first-order valence-electron chi connectivity index (χ1n) is 6.23. The van der Waals surface area contributed by atoms with Crippen molar-refractivity contribution in [3.8, 4) is 5.75 Å². The predicted octanol–water partition coefficient (Wildman–Crippen LogP) is 3.49. The van der Waals surface area contributed by atoms with Gasteiger partial charge in [-0.2, -0.15) is 8.78 Å². The summed E-state index contributed by atoms with van der Waals surface area (Å²) in [6.07, 6.45) is 1.54. The van der Waals surface area contributed by atoms with E-state index in [4.69, 9.17) is 5.84 Å². The van der Waals surface area contributed by atoms with E-state index in [1.54, 1.807) is 29.5 Å². The first-order valence-corrected chi connectivity index (χ1v) is 7.11. The summed E-state index contributed by atoms with van der Waals surface area (Å²) in [7, 11) is 0. The van der Waals surface area contributed by atoms with Crippen LogP contribution in [0.4, 0.5) is 8.78 Å². The van der Waals surface area contributed by atoms with Gasteiger partial charge in [-0.25, -0.2) is 0 Å². The highest BCUT2D eigenvalue weighted by atomic mass is 32.1. The van der Waals surface area contributed by atoms with Gasteiger partial charge >= 0.3 is 6.61 Å². The number of nitrogens with two attached hydrogens (primary N) is 1. The summed E-state index contributed by atoms with van der Waals surface area (Å²) in [6.45, 7) is -2.84. The van der Waals surface area contributed by atoms with E-state index in [2.05, 4.69) is 10.2 Å². The molecule has 2 rings (SSSR count). The maximum Gasteiger partial charge on any atom is 0.387 e. The van der Waals surface area contributed by atoms with E-state index in [0.29, 0.717) is 12.0 Å². The second-order valence-corrected chi connectivity index (χ2v) is 5.29. The molecule has 3 nitrogen and oxygen atoms in total. The lowest BCUT2D eigenvalue weighted by Gasteiger charge is -2.19. The van der Waals surface area contributed by atoms with Crippen LogP contribution in [0.15, 0.2) is 41.8 Å². The van der Waals surface area contributed by atoms with E-state index in [9.17, 15) is 8.78 Å². The zero-order valence-electron chi connectivity index (χ0n) is 10.8. The van der Waals surface area contributed by atoms with Crippen LogP contribution in [-0.4, -0.2) is 6.61 Å². The van der Waals surface area contributed by atoms with E-state index in [1.165, 1.54) is 10.9 Å². The molecule has 20 heavy (non-hydrogen) atoms. The highest BCUT2D eigenvalue weighted by molar-refractivity contribution is 7.09. The second-order valence-electron chi connectivity index (χ2n) is 4.25. The maximum atomic E-state index is 12.4. The number of benzene rings is 1. The van der Waals surface area contributed by atoms with Crippen LogP contribution in [0.3, 0.4) is 0 Å². The first kappa shape index (κ1) is 14.9. The molecule has 0 fully saturated rings. The Morgan fingerprint density at radius 3 is 2.65 bits per heavy atom. The van der Waals surface area contributed by atoms with Gasteiger partial charge in [0.25, 0.3) is 0 Å². The lowest BCUT2D eigenvalue weighted by Crippen LogP contribution is -2.29. The smallest absolute Gasteiger partial charge is 0.387 e. The number of alkyl halides is 2. The van der Waals surface area contributed by atoms with Crippen molar-refractivity contribution in [2.24, 2.45) is 5.84 Å². The van der Waals surface area contributed by atoms with Crippen molar-refractivity contribution in [2.45, 2.75) is 25.5 Å². The fourth-order valence-electron chi connectivity index (χ4n) is 2.04. The van der Waals surface area contributed by atoms with Crippen molar-refractivity contribution in [1.82, 2.24) is 5.43 Å². The van der Waals surface area contributed by atoms with Crippen LogP contribution in [0.5, 0.6) is 5.75 Å². The predicted molar refractivity (Wildman–Crippen MR) is 75.8 cm³/mol. The van der Waals surface area contributed by atoms with Crippen LogP contribution in [-0.2, 0) is 6.42 Å². The van der Waals surface area contributed by atoms with Crippen LogP contribution >= 0.6 is 11.3 Å². The number of ether oxygens (including phenoxy) is 1. The number of nitrogens with one attached hydrogen (secondary N) is 1. The van der Waals surface area contributed by atoms with Gasteiger partial charge in [0.2, 0.25) is 0 Å². The summed E-state index contributed by atoms with van der Waals surface area (Å²) in [5.41, 5.74) is 3.32. The van der Waals surface area contributed by atoms with Crippen molar-refractivity contribution in [3.63, 3.8) is 0 Å². The van der Waals surface area contributed by atoms with Gasteiger partial charge in [-0.05, 0) is 30.4 Å². The lowest BCUT2D eigenvalue weighted by molar-refractivity contribution is -0.0507. The zero-order chi connectivity index (χ0) is 14.4. The van der Waals surface area contributed by atoms with Crippen LogP contribution in [0.2, 0.25) is 0 Å². The summed E-state index contributed by atoms with van der Waals surface area (Å²) in [6, 6.07) is 10.5.